The van der Waals surface area contributed by atoms with Crippen LogP contribution in [0.4, 0.5) is 0 Å². The monoisotopic (exact) mass is 313 g/mol. The van der Waals surface area contributed by atoms with Crippen molar-refractivity contribution in [1.29, 1.82) is 0 Å². The van der Waals surface area contributed by atoms with E-state index < -0.39 is 0 Å². The molecule has 1 unspecified atom stereocenters. The summed E-state index contributed by atoms with van der Waals surface area (Å²) in [5.74, 6) is 0.863. The first-order valence-electron chi connectivity index (χ1n) is 7.90. The van der Waals surface area contributed by atoms with Crippen molar-refractivity contribution in [2.45, 2.75) is 13.5 Å². The molecular formula is C19H25N2O2+. The Labute approximate surface area is 138 Å². The lowest BCUT2D eigenvalue weighted by molar-refractivity contribution is -0.893. The maximum absolute atomic E-state index is 11.5. The predicted octanol–water partition coefficient (Wildman–Crippen LogP) is 1.45. The first-order valence-corrected chi connectivity index (χ1v) is 7.90. The molecule has 2 aromatic rings. The molecule has 0 bridgehead atoms. The molecule has 2 N–H and O–H groups in total. The molecule has 0 fully saturated rings. The number of nitrogens with one attached hydrogen (secondary N) is 2. The van der Waals surface area contributed by atoms with Gasteiger partial charge in [-0.2, -0.15) is 0 Å². The van der Waals surface area contributed by atoms with Gasteiger partial charge in [0, 0.05) is 18.2 Å². The third-order valence-corrected chi connectivity index (χ3v) is 3.77. The lowest BCUT2D eigenvalue weighted by Crippen LogP contribution is -3.08. The van der Waals surface area contributed by atoms with E-state index in [4.69, 9.17) is 4.74 Å². The molecule has 0 saturated carbocycles. The zero-order valence-electron chi connectivity index (χ0n) is 14.1. The van der Waals surface area contributed by atoms with E-state index in [0.717, 1.165) is 18.8 Å². The van der Waals surface area contributed by atoms with Crippen LogP contribution in [0.3, 0.4) is 0 Å². The third kappa shape index (κ3) is 5.42. The fourth-order valence-corrected chi connectivity index (χ4v) is 2.33. The number of hydrogen-bond donors (Lipinski definition) is 2. The molecule has 2 rings (SSSR count). The average molecular weight is 313 g/mol. The van der Waals surface area contributed by atoms with Crippen molar-refractivity contribution in [3.8, 4) is 5.75 Å². The number of carbonyl (C=O) groups is 1. The highest BCUT2D eigenvalue weighted by Gasteiger charge is 2.06. The Bertz CT molecular complexity index is 621. The molecule has 0 aliphatic rings. The van der Waals surface area contributed by atoms with Crippen LogP contribution in [0.15, 0.2) is 48.5 Å². The van der Waals surface area contributed by atoms with E-state index in [1.807, 2.05) is 36.4 Å². The van der Waals surface area contributed by atoms with Crippen LogP contribution in [0.25, 0.3) is 0 Å². The van der Waals surface area contributed by atoms with Crippen LogP contribution in [0, 0.1) is 6.92 Å². The largest absolute Gasteiger partial charge is 0.488 e. The highest BCUT2D eigenvalue weighted by molar-refractivity contribution is 5.93. The molecule has 0 saturated heterocycles. The van der Waals surface area contributed by atoms with Crippen LogP contribution in [0.5, 0.6) is 5.75 Å². The summed E-state index contributed by atoms with van der Waals surface area (Å²) in [4.78, 5) is 12.9. The number of quaternary nitrogens is 1. The summed E-state index contributed by atoms with van der Waals surface area (Å²) in [6.07, 6.45) is 0. The van der Waals surface area contributed by atoms with Gasteiger partial charge in [-0.1, -0.05) is 29.8 Å². The van der Waals surface area contributed by atoms with E-state index in [-0.39, 0.29) is 5.91 Å². The van der Waals surface area contributed by atoms with E-state index in [1.54, 1.807) is 7.05 Å². The van der Waals surface area contributed by atoms with Crippen molar-refractivity contribution in [3.63, 3.8) is 0 Å². The summed E-state index contributed by atoms with van der Waals surface area (Å²) >= 11 is 0. The Kier molecular flexibility index (Phi) is 6.18. The van der Waals surface area contributed by atoms with Crippen molar-refractivity contribution in [2.24, 2.45) is 0 Å². The van der Waals surface area contributed by atoms with E-state index >= 15 is 0 Å². The molecule has 1 amide bonds. The lowest BCUT2D eigenvalue weighted by Gasteiger charge is -2.15. The minimum atomic E-state index is -0.0521. The molecule has 1 atom stereocenters. The summed E-state index contributed by atoms with van der Waals surface area (Å²) < 4.78 is 5.76. The fourth-order valence-electron chi connectivity index (χ4n) is 2.33. The second kappa shape index (κ2) is 8.34. The van der Waals surface area contributed by atoms with Gasteiger partial charge in [0.1, 0.15) is 25.4 Å². The zero-order valence-corrected chi connectivity index (χ0v) is 14.1. The standard InChI is InChI=1S/C19H24N2O2/c1-15-4-10-18(11-5-15)23-13-12-21(3)14-16-6-8-17(9-7-16)19(22)20-2/h4-11H,12-14H2,1-3H3,(H,20,22)/p+1. The van der Waals surface area contributed by atoms with Gasteiger partial charge < -0.3 is 15.0 Å². The molecule has 0 spiro atoms. The Morgan fingerprint density at radius 2 is 1.74 bits per heavy atom. The van der Waals surface area contributed by atoms with Crippen LogP contribution < -0.4 is 15.0 Å². The van der Waals surface area contributed by atoms with Gasteiger partial charge in [0.05, 0.1) is 7.05 Å². The maximum atomic E-state index is 11.5. The quantitative estimate of drug-likeness (QED) is 0.812. The van der Waals surface area contributed by atoms with Gasteiger partial charge in [0.25, 0.3) is 5.91 Å². The van der Waals surface area contributed by atoms with Crippen molar-refractivity contribution in [3.05, 3.63) is 65.2 Å². The molecule has 4 nitrogen and oxygen atoms in total. The number of rotatable bonds is 7. The van der Waals surface area contributed by atoms with Crippen molar-refractivity contribution in [1.82, 2.24) is 5.32 Å². The van der Waals surface area contributed by atoms with Crippen molar-refractivity contribution in [2.75, 3.05) is 27.2 Å². The normalized spacial score (nSPS) is 11.8. The van der Waals surface area contributed by atoms with Gasteiger partial charge in [-0.3, -0.25) is 4.79 Å². The first kappa shape index (κ1) is 17.0. The number of ether oxygens (including phenoxy) is 1. The van der Waals surface area contributed by atoms with Gasteiger partial charge in [-0.25, -0.2) is 0 Å². The number of aryl methyl sites for hydroxylation is 1. The lowest BCUT2D eigenvalue weighted by atomic mass is 10.1. The molecule has 0 aliphatic carbocycles. The third-order valence-electron chi connectivity index (χ3n) is 3.77. The summed E-state index contributed by atoms with van der Waals surface area (Å²) in [5.41, 5.74) is 3.14. The van der Waals surface area contributed by atoms with Crippen molar-refractivity contribution < 1.29 is 14.4 Å². The van der Waals surface area contributed by atoms with Crippen LogP contribution in [0.2, 0.25) is 0 Å². The van der Waals surface area contributed by atoms with Gasteiger partial charge in [-0.15, -0.1) is 0 Å². The van der Waals surface area contributed by atoms with E-state index in [0.29, 0.717) is 12.2 Å². The van der Waals surface area contributed by atoms with Crippen LogP contribution in [-0.4, -0.2) is 33.2 Å². The highest BCUT2D eigenvalue weighted by atomic mass is 16.5. The number of hydrogen-bond acceptors (Lipinski definition) is 2. The molecule has 0 aliphatic heterocycles. The topological polar surface area (TPSA) is 42.8 Å². The summed E-state index contributed by atoms with van der Waals surface area (Å²) in [6.45, 7) is 4.58. The van der Waals surface area contributed by atoms with Crippen LogP contribution in [-0.2, 0) is 6.54 Å². The number of benzene rings is 2. The Hall–Kier alpha value is -2.33. The number of likely N-dealkylation sites (N-methyl/N-ethyl adjacent to an activating group) is 1. The maximum Gasteiger partial charge on any atom is 0.251 e. The highest BCUT2D eigenvalue weighted by Crippen LogP contribution is 2.10. The second-order valence-electron chi connectivity index (χ2n) is 5.82. The Morgan fingerprint density at radius 3 is 2.35 bits per heavy atom. The molecule has 0 aromatic heterocycles. The molecule has 2 aromatic carbocycles. The Balaban J connectivity index is 1.77. The van der Waals surface area contributed by atoms with E-state index in [2.05, 4.69) is 31.4 Å². The van der Waals surface area contributed by atoms with Gasteiger partial charge >= 0.3 is 0 Å². The minimum absolute atomic E-state index is 0.0521. The molecular weight excluding hydrogens is 288 g/mol. The molecule has 23 heavy (non-hydrogen) atoms. The van der Waals surface area contributed by atoms with Gasteiger partial charge in [0.15, 0.2) is 0 Å². The molecule has 0 heterocycles. The van der Waals surface area contributed by atoms with Crippen LogP contribution >= 0.6 is 0 Å². The smallest absolute Gasteiger partial charge is 0.251 e. The van der Waals surface area contributed by atoms with Gasteiger partial charge in [-0.05, 0) is 31.2 Å². The van der Waals surface area contributed by atoms with Gasteiger partial charge in [0.2, 0.25) is 0 Å². The van der Waals surface area contributed by atoms with Crippen molar-refractivity contribution >= 4 is 5.91 Å². The molecule has 0 radical (unpaired) electrons. The minimum Gasteiger partial charge on any atom is -0.488 e. The zero-order chi connectivity index (χ0) is 16.7. The molecule has 4 heteroatoms. The fraction of sp³-hybridized carbons (Fsp3) is 0.316. The Morgan fingerprint density at radius 1 is 1.09 bits per heavy atom. The summed E-state index contributed by atoms with van der Waals surface area (Å²) in [7, 11) is 3.79. The number of carbonyl (C=O) groups excluding carboxylic acids is 1. The predicted molar refractivity (Wildman–Crippen MR) is 92.0 cm³/mol. The first-order chi connectivity index (χ1) is 11.1. The average Bonchev–Trinajstić information content (AvgIpc) is 2.56. The summed E-state index contributed by atoms with van der Waals surface area (Å²) in [6, 6.07) is 15.9. The molecule has 122 valence electrons. The number of amides is 1. The SMILES string of the molecule is CNC(=O)c1ccc(C[NH+](C)CCOc2ccc(C)cc2)cc1. The van der Waals surface area contributed by atoms with E-state index in [9.17, 15) is 4.79 Å². The summed E-state index contributed by atoms with van der Waals surface area (Å²) in [5, 5.41) is 2.63. The van der Waals surface area contributed by atoms with Crippen LogP contribution in [0.1, 0.15) is 21.5 Å². The second-order valence-corrected chi connectivity index (χ2v) is 5.82. The van der Waals surface area contributed by atoms with E-state index in [1.165, 1.54) is 16.0 Å².